The van der Waals surface area contributed by atoms with Gasteiger partial charge in [-0.05, 0) is 36.6 Å². The Balaban J connectivity index is 1.74. The van der Waals surface area contributed by atoms with Gasteiger partial charge in [-0.3, -0.25) is 10.1 Å². The molecule has 0 spiro atoms. The van der Waals surface area contributed by atoms with Crippen LogP contribution in [-0.4, -0.2) is 44.6 Å². The summed E-state index contributed by atoms with van der Waals surface area (Å²) in [5.74, 6) is 0.820. The van der Waals surface area contributed by atoms with Crippen LogP contribution in [0.2, 0.25) is 0 Å². The quantitative estimate of drug-likeness (QED) is 0.576. The van der Waals surface area contributed by atoms with E-state index in [0.717, 1.165) is 25.0 Å². The van der Waals surface area contributed by atoms with Gasteiger partial charge in [-0.1, -0.05) is 6.07 Å². The molecule has 0 saturated carbocycles. The van der Waals surface area contributed by atoms with Gasteiger partial charge < -0.3 is 9.64 Å². The Morgan fingerprint density at radius 3 is 2.57 bits per heavy atom. The Bertz CT molecular complexity index is 970. The predicted molar refractivity (Wildman–Crippen MR) is 104 cm³/mol. The number of sulfonamides is 1. The zero-order valence-electron chi connectivity index (χ0n) is 15.7. The lowest BCUT2D eigenvalue weighted by atomic mass is 10.1. The zero-order chi connectivity index (χ0) is 20.3. The highest BCUT2D eigenvalue weighted by molar-refractivity contribution is 7.89. The summed E-state index contributed by atoms with van der Waals surface area (Å²) in [6, 6.07) is 6.11. The van der Waals surface area contributed by atoms with E-state index in [1.54, 1.807) is 20.0 Å². The number of rotatable bonds is 6. The first-order chi connectivity index (χ1) is 13.3. The van der Waals surface area contributed by atoms with Gasteiger partial charge in [-0.2, -0.15) is 0 Å². The fraction of sp³-hybridized carbons (Fsp3) is 0.389. The van der Waals surface area contributed by atoms with Crippen LogP contribution < -0.4 is 9.62 Å². The van der Waals surface area contributed by atoms with Gasteiger partial charge in [-0.25, -0.2) is 18.1 Å². The molecule has 28 heavy (non-hydrogen) atoms. The molecule has 1 aromatic heterocycles. The number of morpholine rings is 1. The second kappa shape index (κ2) is 8.21. The summed E-state index contributed by atoms with van der Waals surface area (Å²) in [5, 5.41) is 11.1. The van der Waals surface area contributed by atoms with Crippen molar-refractivity contribution in [1.82, 2.24) is 9.71 Å². The van der Waals surface area contributed by atoms with Crippen molar-refractivity contribution >= 4 is 21.5 Å². The third-order valence-electron chi connectivity index (χ3n) is 4.72. The second-order valence-corrected chi connectivity index (χ2v) is 8.33. The van der Waals surface area contributed by atoms with E-state index in [9.17, 15) is 18.5 Å². The molecule has 10 heteroatoms. The van der Waals surface area contributed by atoms with Crippen LogP contribution in [0.4, 0.5) is 11.5 Å². The average Bonchev–Trinajstić information content (AvgIpc) is 2.69. The Labute approximate surface area is 163 Å². The van der Waals surface area contributed by atoms with Gasteiger partial charge in [-0.15, -0.1) is 0 Å². The minimum atomic E-state index is -3.91. The minimum Gasteiger partial charge on any atom is -0.378 e. The molecule has 0 unspecified atom stereocenters. The average molecular weight is 406 g/mol. The molecular weight excluding hydrogens is 384 g/mol. The van der Waals surface area contributed by atoms with Crippen molar-refractivity contribution in [3.8, 4) is 0 Å². The molecule has 1 N–H and O–H groups in total. The molecule has 0 amide bonds. The highest BCUT2D eigenvalue weighted by Gasteiger charge is 2.22. The summed E-state index contributed by atoms with van der Waals surface area (Å²) in [4.78, 5) is 16.9. The number of ether oxygens (including phenoxy) is 1. The largest absolute Gasteiger partial charge is 0.378 e. The third kappa shape index (κ3) is 4.46. The van der Waals surface area contributed by atoms with E-state index >= 15 is 0 Å². The zero-order valence-corrected chi connectivity index (χ0v) is 16.5. The number of benzene rings is 1. The number of hydrogen-bond donors (Lipinski definition) is 1. The molecule has 1 fully saturated rings. The molecule has 0 aliphatic carbocycles. The van der Waals surface area contributed by atoms with E-state index in [1.165, 1.54) is 6.07 Å². The van der Waals surface area contributed by atoms with Gasteiger partial charge >= 0.3 is 0 Å². The second-order valence-electron chi connectivity index (χ2n) is 6.59. The summed E-state index contributed by atoms with van der Waals surface area (Å²) in [5.41, 5.74) is 1.48. The Kier molecular flexibility index (Phi) is 5.92. The predicted octanol–water partition coefficient (Wildman–Crippen LogP) is 1.92. The van der Waals surface area contributed by atoms with Crippen LogP contribution in [0.1, 0.15) is 16.7 Å². The molecule has 1 aromatic carbocycles. The van der Waals surface area contributed by atoms with Crippen LogP contribution in [0.5, 0.6) is 0 Å². The highest BCUT2D eigenvalue weighted by atomic mass is 32.2. The number of aryl methyl sites for hydroxylation is 1. The number of anilines is 1. The SMILES string of the molecule is Cc1cc([N+](=O)[O-])cc(S(=O)(=O)NCc2ccc(N3CCOCC3)nc2)c1C. The van der Waals surface area contributed by atoms with Crippen LogP contribution in [0, 0.1) is 24.0 Å². The summed E-state index contributed by atoms with van der Waals surface area (Å²) in [6.07, 6.45) is 1.62. The van der Waals surface area contributed by atoms with Crippen molar-refractivity contribution in [3.63, 3.8) is 0 Å². The van der Waals surface area contributed by atoms with Crippen molar-refractivity contribution in [2.45, 2.75) is 25.3 Å². The van der Waals surface area contributed by atoms with Gasteiger partial charge in [0.25, 0.3) is 5.69 Å². The van der Waals surface area contributed by atoms with Crippen LogP contribution in [-0.2, 0) is 21.3 Å². The smallest absolute Gasteiger partial charge is 0.271 e. The molecule has 1 saturated heterocycles. The van der Waals surface area contributed by atoms with E-state index in [4.69, 9.17) is 4.74 Å². The molecular formula is C18H22N4O5S. The molecule has 1 aliphatic rings. The van der Waals surface area contributed by atoms with Gasteiger partial charge in [0.1, 0.15) is 5.82 Å². The lowest BCUT2D eigenvalue weighted by molar-refractivity contribution is -0.385. The Morgan fingerprint density at radius 1 is 1.25 bits per heavy atom. The Morgan fingerprint density at radius 2 is 1.96 bits per heavy atom. The monoisotopic (exact) mass is 406 g/mol. The molecule has 1 aliphatic heterocycles. The van der Waals surface area contributed by atoms with Crippen LogP contribution in [0.15, 0.2) is 35.4 Å². The maximum Gasteiger partial charge on any atom is 0.271 e. The van der Waals surface area contributed by atoms with Crippen LogP contribution in [0.3, 0.4) is 0 Å². The first-order valence-corrected chi connectivity index (χ1v) is 10.3. The summed E-state index contributed by atoms with van der Waals surface area (Å²) in [7, 11) is -3.91. The van der Waals surface area contributed by atoms with Crippen LogP contribution >= 0.6 is 0 Å². The van der Waals surface area contributed by atoms with E-state index < -0.39 is 14.9 Å². The number of hydrogen-bond acceptors (Lipinski definition) is 7. The number of nitro benzene ring substituents is 1. The lowest BCUT2D eigenvalue weighted by Gasteiger charge is -2.27. The van der Waals surface area contributed by atoms with Crippen molar-refractivity contribution < 1.29 is 18.1 Å². The number of pyridine rings is 1. The molecule has 2 heterocycles. The Hall–Kier alpha value is -2.56. The molecule has 150 valence electrons. The molecule has 3 rings (SSSR count). The normalized spacial score (nSPS) is 14.9. The minimum absolute atomic E-state index is 0.0416. The fourth-order valence-corrected chi connectivity index (χ4v) is 4.30. The van der Waals surface area contributed by atoms with E-state index in [2.05, 4.69) is 14.6 Å². The fourth-order valence-electron chi connectivity index (χ4n) is 2.95. The van der Waals surface area contributed by atoms with Gasteiger partial charge in [0.2, 0.25) is 10.0 Å². The number of aromatic nitrogens is 1. The molecule has 0 radical (unpaired) electrons. The van der Waals surface area contributed by atoms with Crippen molar-refractivity contribution in [2.24, 2.45) is 0 Å². The van der Waals surface area contributed by atoms with Gasteiger partial charge in [0.15, 0.2) is 0 Å². The number of nitrogens with one attached hydrogen (secondary N) is 1. The number of non-ortho nitro benzene ring substituents is 1. The van der Waals surface area contributed by atoms with Gasteiger partial charge in [0.05, 0.1) is 23.0 Å². The molecule has 0 atom stereocenters. The lowest BCUT2D eigenvalue weighted by Crippen LogP contribution is -2.36. The maximum absolute atomic E-state index is 12.7. The highest BCUT2D eigenvalue weighted by Crippen LogP contribution is 2.25. The van der Waals surface area contributed by atoms with E-state index in [-0.39, 0.29) is 17.1 Å². The van der Waals surface area contributed by atoms with Gasteiger partial charge in [0, 0.05) is 38.0 Å². The van der Waals surface area contributed by atoms with Crippen molar-refractivity contribution in [2.75, 3.05) is 31.2 Å². The first-order valence-electron chi connectivity index (χ1n) is 8.81. The first kappa shape index (κ1) is 20.2. The third-order valence-corrected chi connectivity index (χ3v) is 6.24. The molecule has 0 bridgehead atoms. The van der Waals surface area contributed by atoms with Crippen molar-refractivity contribution in [3.05, 3.63) is 57.3 Å². The molecule has 9 nitrogen and oxygen atoms in total. The van der Waals surface area contributed by atoms with E-state index in [0.29, 0.717) is 29.9 Å². The number of nitrogens with zero attached hydrogens (tertiary/aromatic N) is 3. The summed E-state index contributed by atoms with van der Waals surface area (Å²) < 4.78 is 33.2. The summed E-state index contributed by atoms with van der Waals surface area (Å²) in [6.45, 7) is 6.17. The van der Waals surface area contributed by atoms with Crippen LogP contribution in [0.25, 0.3) is 0 Å². The number of nitro groups is 1. The van der Waals surface area contributed by atoms with Crippen molar-refractivity contribution in [1.29, 1.82) is 0 Å². The molecule has 2 aromatic rings. The summed E-state index contributed by atoms with van der Waals surface area (Å²) >= 11 is 0. The standard InChI is InChI=1S/C18H22N4O5S/c1-13-9-16(22(23)24)10-17(14(13)2)28(25,26)20-12-15-3-4-18(19-11-15)21-5-7-27-8-6-21/h3-4,9-11,20H,5-8,12H2,1-2H3. The van der Waals surface area contributed by atoms with E-state index in [1.807, 2.05) is 12.1 Å². The topological polar surface area (TPSA) is 115 Å². The maximum atomic E-state index is 12.7.